The first-order valence-electron chi connectivity index (χ1n) is 11.6. The first kappa shape index (κ1) is 22.6. The molecule has 0 radical (unpaired) electrons. The number of alkyl carbamates (subject to hydrolysis) is 1. The minimum Gasteiger partial charge on any atom is -0.480 e. The maximum absolute atomic E-state index is 13.1. The van der Waals surface area contributed by atoms with Crippen molar-refractivity contribution in [3.63, 3.8) is 0 Å². The van der Waals surface area contributed by atoms with E-state index in [-0.39, 0.29) is 37.4 Å². The van der Waals surface area contributed by atoms with Crippen molar-refractivity contribution < 1.29 is 24.2 Å². The third kappa shape index (κ3) is 4.49. The second-order valence-corrected chi connectivity index (χ2v) is 8.88. The summed E-state index contributed by atoms with van der Waals surface area (Å²) in [6.45, 7) is -0.141. The van der Waals surface area contributed by atoms with E-state index in [4.69, 9.17) is 4.74 Å². The van der Waals surface area contributed by atoms with Crippen LogP contribution in [0.4, 0.5) is 4.79 Å². The lowest BCUT2D eigenvalue weighted by Crippen LogP contribution is -2.39. The largest absolute Gasteiger partial charge is 0.480 e. The number of aryl methyl sites for hydroxylation is 1. The zero-order valence-electron chi connectivity index (χ0n) is 19.3. The molecule has 1 aromatic heterocycles. The zero-order valence-corrected chi connectivity index (χ0v) is 19.3. The van der Waals surface area contributed by atoms with Crippen molar-refractivity contribution in [2.75, 3.05) is 13.2 Å². The Balaban J connectivity index is 1.24. The summed E-state index contributed by atoms with van der Waals surface area (Å²) < 4.78 is 6.98. The Kier molecular flexibility index (Phi) is 5.98. The molecule has 0 spiro atoms. The van der Waals surface area contributed by atoms with Crippen LogP contribution in [0.1, 0.15) is 45.9 Å². The van der Waals surface area contributed by atoms with Crippen molar-refractivity contribution in [1.82, 2.24) is 20.0 Å². The molecule has 2 amide bonds. The van der Waals surface area contributed by atoms with Crippen LogP contribution in [-0.2, 0) is 23.1 Å². The lowest BCUT2D eigenvalue weighted by molar-refractivity contribution is -0.137. The maximum Gasteiger partial charge on any atom is 0.407 e. The van der Waals surface area contributed by atoms with Gasteiger partial charge in [-0.3, -0.25) is 14.3 Å². The Hall–Kier alpha value is -4.14. The average molecular weight is 475 g/mol. The fourth-order valence-electron chi connectivity index (χ4n) is 4.74. The smallest absolute Gasteiger partial charge is 0.407 e. The molecule has 0 bridgehead atoms. The molecular formula is C26H26N4O5. The number of amides is 2. The first-order valence-corrected chi connectivity index (χ1v) is 11.6. The van der Waals surface area contributed by atoms with Gasteiger partial charge in [-0.25, -0.2) is 4.79 Å². The lowest BCUT2D eigenvalue weighted by Gasteiger charge is -2.21. The molecule has 0 saturated heterocycles. The molecule has 5 rings (SSSR count). The number of rotatable bonds is 8. The minimum absolute atomic E-state index is 0.0389. The Bertz CT molecular complexity index is 1250. The van der Waals surface area contributed by atoms with Crippen LogP contribution in [0.2, 0.25) is 0 Å². The predicted octanol–water partition coefficient (Wildman–Crippen LogP) is 3.15. The summed E-state index contributed by atoms with van der Waals surface area (Å²) in [6.07, 6.45) is 2.47. The normalized spacial score (nSPS) is 14.2. The molecule has 1 heterocycles. The molecule has 1 saturated carbocycles. The van der Waals surface area contributed by atoms with Crippen LogP contribution in [0.3, 0.4) is 0 Å². The standard InChI is InChI=1S/C26H26N4O5/c1-29-24(25(33)30(14-23(31)32)17-10-11-17)16(13-28-29)12-27-26(34)35-15-22-20-8-4-2-6-18(20)19-7-3-5-9-21(19)22/h2-9,13,17,22H,10-12,14-15H2,1H3,(H,27,34)(H,31,32). The third-order valence-electron chi connectivity index (χ3n) is 6.54. The van der Waals surface area contributed by atoms with Crippen molar-refractivity contribution in [3.05, 3.63) is 77.1 Å². The Morgan fingerprint density at radius 2 is 1.71 bits per heavy atom. The fourth-order valence-corrected chi connectivity index (χ4v) is 4.74. The van der Waals surface area contributed by atoms with Crippen molar-refractivity contribution in [1.29, 1.82) is 0 Å². The summed E-state index contributed by atoms with van der Waals surface area (Å²) in [5.41, 5.74) is 5.31. The van der Waals surface area contributed by atoms with Crippen molar-refractivity contribution in [3.8, 4) is 11.1 Å². The molecule has 0 unspecified atom stereocenters. The highest BCUT2D eigenvalue weighted by molar-refractivity contribution is 5.96. The number of carbonyl (C=O) groups is 3. The summed E-state index contributed by atoms with van der Waals surface area (Å²) in [5, 5.41) is 16.1. The van der Waals surface area contributed by atoms with Crippen LogP contribution in [0.15, 0.2) is 54.7 Å². The molecule has 180 valence electrons. The van der Waals surface area contributed by atoms with Crippen LogP contribution >= 0.6 is 0 Å². The zero-order chi connectivity index (χ0) is 24.5. The molecule has 2 aromatic carbocycles. The van der Waals surface area contributed by atoms with Gasteiger partial charge in [0.2, 0.25) is 0 Å². The van der Waals surface area contributed by atoms with Crippen molar-refractivity contribution in [2.45, 2.75) is 31.3 Å². The van der Waals surface area contributed by atoms with E-state index in [1.807, 2.05) is 24.3 Å². The highest BCUT2D eigenvalue weighted by Gasteiger charge is 2.36. The quantitative estimate of drug-likeness (QED) is 0.519. The number of fused-ring (bicyclic) bond motifs is 3. The van der Waals surface area contributed by atoms with Gasteiger partial charge in [0.25, 0.3) is 5.91 Å². The highest BCUT2D eigenvalue weighted by atomic mass is 16.5. The number of carboxylic acid groups (broad SMARTS) is 1. The van der Waals surface area contributed by atoms with Gasteiger partial charge in [0, 0.05) is 24.6 Å². The summed E-state index contributed by atoms with van der Waals surface area (Å²) in [7, 11) is 1.62. The molecular weight excluding hydrogens is 448 g/mol. The second-order valence-electron chi connectivity index (χ2n) is 8.88. The van der Waals surface area contributed by atoms with E-state index in [1.165, 1.54) is 15.8 Å². The number of aromatic nitrogens is 2. The van der Waals surface area contributed by atoms with Crippen LogP contribution in [0.25, 0.3) is 11.1 Å². The maximum atomic E-state index is 13.1. The van der Waals surface area contributed by atoms with Gasteiger partial charge >= 0.3 is 12.1 Å². The van der Waals surface area contributed by atoms with E-state index in [9.17, 15) is 19.5 Å². The monoisotopic (exact) mass is 474 g/mol. The number of hydrogen-bond acceptors (Lipinski definition) is 5. The fraction of sp³-hybridized carbons (Fsp3) is 0.308. The molecule has 0 aliphatic heterocycles. The number of carbonyl (C=O) groups excluding carboxylic acids is 2. The molecule has 35 heavy (non-hydrogen) atoms. The van der Waals surface area contributed by atoms with Crippen LogP contribution < -0.4 is 5.32 Å². The van der Waals surface area contributed by atoms with E-state index in [0.29, 0.717) is 5.56 Å². The van der Waals surface area contributed by atoms with Crippen LogP contribution in [-0.4, -0.2) is 57.0 Å². The summed E-state index contributed by atoms with van der Waals surface area (Å²) >= 11 is 0. The molecule has 0 atom stereocenters. The van der Waals surface area contributed by atoms with Gasteiger partial charge in [0.1, 0.15) is 18.8 Å². The first-order chi connectivity index (χ1) is 16.9. The average Bonchev–Trinajstić information content (AvgIpc) is 3.56. The predicted molar refractivity (Wildman–Crippen MR) is 127 cm³/mol. The van der Waals surface area contributed by atoms with E-state index in [1.54, 1.807) is 7.05 Å². The van der Waals surface area contributed by atoms with Gasteiger partial charge in [-0.15, -0.1) is 0 Å². The number of benzene rings is 2. The Morgan fingerprint density at radius 1 is 1.09 bits per heavy atom. The summed E-state index contributed by atoms with van der Waals surface area (Å²) in [6, 6.07) is 16.1. The number of nitrogens with one attached hydrogen (secondary N) is 1. The van der Waals surface area contributed by atoms with E-state index < -0.39 is 18.0 Å². The van der Waals surface area contributed by atoms with E-state index in [2.05, 4.69) is 34.7 Å². The van der Waals surface area contributed by atoms with Crippen molar-refractivity contribution >= 4 is 18.0 Å². The number of hydrogen-bond donors (Lipinski definition) is 2. The third-order valence-corrected chi connectivity index (χ3v) is 6.54. The van der Waals surface area contributed by atoms with Crippen molar-refractivity contribution in [2.24, 2.45) is 7.05 Å². The number of aliphatic carboxylic acids is 1. The molecule has 2 N–H and O–H groups in total. The second kappa shape index (κ2) is 9.25. The molecule has 1 fully saturated rings. The number of ether oxygens (including phenoxy) is 1. The van der Waals surface area contributed by atoms with Gasteiger partial charge in [0.15, 0.2) is 0 Å². The van der Waals surface area contributed by atoms with Gasteiger partial charge in [-0.2, -0.15) is 5.10 Å². The number of carboxylic acids is 1. The Morgan fingerprint density at radius 3 is 2.31 bits per heavy atom. The molecule has 9 nitrogen and oxygen atoms in total. The molecule has 9 heteroatoms. The highest BCUT2D eigenvalue weighted by Crippen LogP contribution is 2.44. The van der Waals surface area contributed by atoms with Crippen LogP contribution in [0, 0.1) is 0 Å². The molecule has 3 aromatic rings. The number of nitrogens with zero attached hydrogens (tertiary/aromatic N) is 3. The van der Waals surface area contributed by atoms with Gasteiger partial charge < -0.3 is 20.1 Å². The molecule has 2 aliphatic rings. The molecule has 2 aliphatic carbocycles. The summed E-state index contributed by atoms with van der Waals surface area (Å²) in [4.78, 5) is 38.3. The topological polar surface area (TPSA) is 114 Å². The summed E-state index contributed by atoms with van der Waals surface area (Å²) in [5.74, 6) is -1.52. The van der Waals surface area contributed by atoms with E-state index >= 15 is 0 Å². The van der Waals surface area contributed by atoms with E-state index in [0.717, 1.165) is 35.1 Å². The SMILES string of the molecule is Cn1ncc(CNC(=O)OCC2c3ccccc3-c3ccccc32)c1C(=O)N(CC(=O)O)C1CC1. The lowest BCUT2D eigenvalue weighted by atomic mass is 9.98. The van der Waals surface area contributed by atoms with Gasteiger partial charge in [0.05, 0.1) is 12.7 Å². The van der Waals surface area contributed by atoms with Gasteiger partial charge in [-0.1, -0.05) is 48.5 Å². The van der Waals surface area contributed by atoms with Crippen LogP contribution in [0.5, 0.6) is 0 Å². The Labute approximate surface area is 202 Å². The van der Waals surface area contributed by atoms with Gasteiger partial charge in [-0.05, 0) is 35.1 Å². The minimum atomic E-state index is -1.06.